The molecule has 1 amide bonds. The van der Waals surface area contributed by atoms with Crippen molar-refractivity contribution in [1.29, 1.82) is 0 Å². The lowest BCUT2D eigenvalue weighted by Gasteiger charge is -2.10. The molecule has 4 nitrogen and oxygen atoms in total. The van der Waals surface area contributed by atoms with Gasteiger partial charge >= 0.3 is 0 Å². The van der Waals surface area contributed by atoms with Gasteiger partial charge in [0.1, 0.15) is 5.75 Å². The van der Waals surface area contributed by atoms with E-state index in [-0.39, 0.29) is 5.91 Å². The summed E-state index contributed by atoms with van der Waals surface area (Å²) in [5.74, 6) is 0.238. The number of carbonyl (C=O) groups is 2. The number of anilines is 1. The summed E-state index contributed by atoms with van der Waals surface area (Å²) in [7, 11) is 1.48. The van der Waals surface area contributed by atoms with E-state index in [0.29, 0.717) is 23.3 Å². The fraction of sp³-hybridized carbons (Fsp3) is 0.200. The third kappa shape index (κ3) is 2.10. The van der Waals surface area contributed by atoms with Crippen LogP contribution in [0.4, 0.5) is 5.69 Å². The Morgan fingerprint density at radius 2 is 2.21 bits per heavy atom. The second-order valence-electron chi connectivity index (χ2n) is 2.72. The second-order valence-corrected chi connectivity index (χ2v) is 2.72. The largest absolute Gasteiger partial charge is 0.495 e. The number of hydrogen-bond acceptors (Lipinski definition) is 3. The molecule has 14 heavy (non-hydrogen) atoms. The van der Waals surface area contributed by atoms with Gasteiger partial charge in [-0.3, -0.25) is 9.59 Å². The fourth-order valence-electron chi connectivity index (χ4n) is 1.13. The number of hydrogen-bond donors (Lipinski definition) is 1. The lowest BCUT2D eigenvalue weighted by molar-refractivity contribution is -0.114. The molecule has 4 heteroatoms. The number of ether oxygens (including phenoxy) is 1. The normalized spacial score (nSPS) is 9.29. The van der Waals surface area contributed by atoms with Crippen LogP contribution in [0.1, 0.15) is 17.3 Å². The molecule has 0 radical (unpaired) electrons. The van der Waals surface area contributed by atoms with E-state index in [9.17, 15) is 9.59 Å². The molecular formula is C10H11NO3. The molecule has 74 valence electrons. The predicted molar refractivity (Wildman–Crippen MR) is 52.7 cm³/mol. The van der Waals surface area contributed by atoms with Gasteiger partial charge in [-0.25, -0.2) is 0 Å². The molecule has 0 bridgehead atoms. The van der Waals surface area contributed by atoms with Crippen molar-refractivity contribution in [3.63, 3.8) is 0 Å². The van der Waals surface area contributed by atoms with Gasteiger partial charge in [0, 0.05) is 12.5 Å². The summed E-state index contributed by atoms with van der Waals surface area (Å²) < 4.78 is 5.02. The number of para-hydroxylation sites is 1. The predicted octanol–water partition coefficient (Wildman–Crippen LogP) is 1.47. The highest BCUT2D eigenvalue weighted by Gasteiger charge is 2.08. The highest BCUT2D eigenvalue weighted by atomic mass is 16.5. The zero-order valence-corrected chi connectivity index (χ0v) is 8.03. The smallest absolute Gasteiger partial charge is 0.221 e. The van der Waals surface area contributed by atoms with Crippen molar-refractivity contribution >= 4 is 17.9 Å². The molecule has 0 heterocycles. The van der Waals surface area contributed by atoms with Crippen molar-refractivity contribution in [2.24, 2.45) is 0 Å². The van der Waals surface area contributed by atoms with Gasteiger partial charge in [0.05, 0.1) is 12.8 Å². The molecule has 1 N–H and O–H groups in total. The average Bonchev–Trinajstić information content (AvgIpc) is 2.17. The third-order valence-electron chi connectivity index (χ3n) is 1.71. The number of amides is 1. The molecule has 0 saturated heterocycles. The summed E-state index contributed by atoms with van der Waals surface area (Å²) in [5.41, 5.74) is 0.817. The minimum absolute atomic E-state index is 0.238. The SMILES string of the molecule is COc1cccc(C=O)c1NC(C)=O. The number of aldehydes is 1. The van der Waals surface area contributed by atoms with Crippen molar-refractivity contribution in [3.05, 3.63) is 23.8 Å². The van der Waals surface area contributed by atoms with E-state index < -0.39 is 0 Å². The maximum atomic E-state index is 10.9. The van der Waals surface area contributed by atoms with Crippen molar-refractivity contribution in [1.82, 2.24) is 0 Å². The molecular weight excluding hydrogens is 182 g/mol. The van der Waals surface area contributed by atoms with E-state index in [1.165, 1.54) is 14.0 Å². The van der Waals surface area contributed by atoms with Crippen LogP contribution in [-0.2, 0) is 4.79 Å². The number of methoxy groups -OCH3 is 1. The molecule has 0 fully saturated rings. The van der Waals surface area contributed by atoms with Crippen LogP contribution in [0.3, 0.4) is 0 Å². The van der Waals surface area contributed by atoms with Crippen LogP contribution in [0, 0.1) is 0 Å². The first-order chi connectivity index (χ1) is 6.69. The molecule has 1 aromatic carbocycles. The molecule has 0 unspecified atom stereocenters. The zero-order valence-electron chi connectivity index (χ0n) is 8.03. The molecule has 1 aromatic rings. The van der Waals surface area contributed by atoms with Crippen LogP contribution >= 0.6 is 0 Å². The van der Waals surface area contributed by atoms with E-state index in [0.717, 1.165) is 0 Å². The minimum Gasteiger partial charge on any atom is -0.495 e. The molecule has 0 atom stereocenters. The average molecular weight is 193 g/mol. The van der Waals surface area contributed by atoms with E-state index in [4.69, 9.17) is 4.74 Å². The molecule has 0 aliphatic rings. The number of benzene rings is 1. The van der Waals surface area contributed by atoms with Crippen molar-refractivity contribution < 1.29 is 14.3 Å². The Kier molecular flexibility index (Phi) is 3.23. The highest BCUT2D eigenvalue weighted by molar-refractivity contribution is 5.97. The van der Waals surface area contributed by atoms with Gasteiger partial charge in [-0.2, -0.15) is 0 Å². The number of nitrogens with one attached hydrogen (secondary N) is 1. The Labute approximate surface area is 81.9 Å². The van der Waals surface area contributed by atoms with Gasteiger partial charge in [-0.1, -0.05) is 6.07 Å². The zero-order chi connectivity index (χ0) is 10.6. The van der Waals surface area contributed by atoms with Crippen molar-refractivity contribution in [3.8, 4) is 5.75 Å². The lowest BCUT2D eigenvalue weighted by Crippen LogP contribution is -2.09. The Balaban J connectivity index is 3.18. The minimum atomic E-state index is -0.238. The van der Waals surface area contributed by atoms with Crippen LogP contribution in [0.2, 0.25) is 0 Å². The molecule has 0 aromatic heterocycles. The first-order valence-corrected chi connectivity index (χ1v) is 4.08. The monoisotopic (exact) mass is 193 g/mol. The van der Waals surface area contributed by atoms with Crippen LogP contribution in [-0.4, -0.2) is 19.3 Å². The van der Waals surface area contributed by atoms with Gasteiger partial charge < -0.3 is 10.1 Å². The van der Waals surface area contributed by atoms with Crippen LogP contribution in [0.25, 0.3) is 0 Å². The van der Waals surface area contributed by atoms with Crippen molar-refractivity contribution in [2.75, 3.05) is 12.4 Å². The van der Waals surface area contributed by atoms with Crippen LogP contribution < -0.4 is 10.1 Å². The first-order valence-electron chi connectivity index (χ1n) is 4.08. The van der Waals surface area contributed by atoms with Gasteiger partial charge in [0.2, 0.25) is 5.91 Å². The van der Waals surface area contributed by atoms with E-state index in [2.05, 4.69) is 5.32 Å². The second kappa shape index (κ2) is 4.41. The summed E-state index contributed by atoms with van der Waals surface area (Å²) in [6.45, 7) is 1.38. The van der Waals surface area contributed by atoms with Gasteiger partial charge in [-0.05, 0) is 12.1 Å². The van der Waals surface area contributed by atoms with E-state index in [1.807, 2.05) is 0 Å². The highest BCUT2D eigenvalue weighted by Crippen LogP contribution is 2.26. The van der Waals surface area contributed by atoms with Crippen molar-refractivity contribution in [2.45, 2.75) is 6.92 Å². The maximum Gasteiger partial charge on any atom is 0.221 e. The number of rotatable bonds is 3. The summed E-state index contributed by atoms with van der Waals surface area (Å²) in [6.07, 6.45) is 0.674. The quantitative estimate of drug-likeness (QED) is 0.739. The molecule has 0 spiro atoms. The Morgan fingerprint density at radius 1 is 1.50 bits per heavy atom. The Hall–Kier alpha value is -1.84. The molecule has 0 saturated carbocycles. The summed E-state index contributed by atoms with van der Waals surface area (Å²) in [4.78, 5) is 21.5. The molecule has 0 aliphatic heterocycles. The summed E-state index contributed by atoms with van der Waals surface area (Å²) >= 11 is 0. The van der Waals surface area contributed by atoms with E-state index >= 15 is 0 Å². The Morgan fingerprint density at radius 3 is 2.71 bits per heavy atom. The van der Waals surface area contributed by atoms with Crippen LogP contribution in [0.5, 0.6) is 5.75 Å². The standard InChI is InChI=1S/C10H11NO3/c1-7(13)11-10-8(6-12)4-3-5-9(10)14-2/h3-6H,1-2H3,(H,11,13). The van der Waals surface area contributed by atoms with Gasteiger partial charge in [0.25, 0.3) is 0 Å². The van der Waals surface area contributed by atoms with E-state index in [1.54, 1.807) is 18.2 Å². The van der Waals surface area contributed by atoms with Crippen LogP contribution in [0.15, 0.2) is 18.2 Å². The van der Waals surface area contributed by atoms with Gasteiger partial charge in [-0.15, -0.1) is 0 Å². The maximum absolute atomic E-state index is 10.9. The molecule has 0 aliphatic carbocycles. The summed E-state index contributed by atoms with van der Waals surface area (Å²) in [6, 6.07) is 4.98. The molecule has 1 rings (SSSR count). The van der Waals surface area contributed by atoms with Gasteiger partial charge in [0.15, 0.2) is 6.29 Å². The topological polar surface area (TPSA) is 55.4 Å². The third-order valence-corrected chi connectivity index (χ3v) is 1.71. The fourth-order valence-corrected chi connectivity index (χ4v) is 1.13. The number of carbonyl (C=O) groups excluding carboxylic acids is 2. The first kappa shape index (κ1) is 10.2. The summed E-state index contributed by atoms with van der Waals surface area (Å²) in [5, 5.41) is 2.55. The lowest BCUT2D eigenvalue weighted by atomic mass is 10.2. The Bertz CT molecular complexity index is 360.